The number of aromatic nitrogens is 1. The van der Waals surface area contributed by atoms with Crippen LogP contribution in [0.1, 0.15) is 74.7 Å². The van der Waals surface area contributed by atoms with Crippen molar-refractivity contribution >= 4 is 46.0 Å². The molecule has 5 N–H and O–H groups in total. The monoisotopic (exact) mass is 560 g/mol. The lowest BCUT2D eigenvalue weighted by molar-refractivity contribution is -0.142. The molecular formula is C29H38ClFN4O4. The summed E-state index contributed by atoms with van der Waals surface area (Å²) in [6.45, 7) is 0.0186. The van der Waals surface area contributed by atoms with Crippen molar-refractivity contribution in [2.75, 3.05) is 18.5 Å². The Balaban J connectivity index is 1.36. The first-order chi connectivity index (χ1) is 18.8. The summed E-state index contributed by atoms with van der Waals surface area (Å²) in [7, 11) is 0. The van der Waals surface area contributed by atoms with E-state index in [4.69, 9.17) is 17.3 Å². The average Bonchev–Trinajstić information content (AvgIpc) is 3.54. The van der Waals surface area contributed by atoms with E-state index in [1.165, 1.54) is 6.42 Å². The van der Waals surface area contributed by atoms with Crippen molar-refractivity contribution in [1.29, 1.82) is 0 Å². The van der Waals surface area contributed by atoms with Crippen LogP contribution in [0, 0.1) is 23.7 Å². The number of fused-ring (bicyclic) bond motifs is 1. The number of aromatic carboxylic acids is 1. The Morgan fingerprint density at radius 3 is 2.49 bits per heavy atom. The van der Waals surface area contributed by atoms with Crippen molar-refractivity contribution < 1.29 is 23.9 Å². The van der Waals surface area contributed by atoms with E-state index in [2.05, 4.69) is 10.3 Å². The molecule has 0 spiro atoms. The van der Waals surface area contributed by atoms with Gasteiger partial charge in [0.1, 0.15) is 18.4 Å². The molecule has 2 aliphatic carbocycles. The third kappa shape index (κ3) is 5.66. The van der Waals surface area contributed by atoms with Gasteiger partial charge in [-0.3, -0.25) is 9.59 Å². The first kappa shape index (κ1) is 27.9. The minimum absolute atomic E-state index is 0.0240. The van der Waals surface area contributed by atoms with Crippen molar-refractivity contribution in [2.45, 2.75) is 76.3 Å². The number of aromatic amines is 1. The Morgan fingerprint density at radius 1 is 1.10 bits per heavy atom. The summed E-state index contributed by atoms with van der Waals surface area (Å²) in [5, 5.41) is 13.0. The molecule has 1 aromatic heterocycles. The first-order valence-electron chi connectivity index (χ1n) is 14.3. The van der Waals surface area contributed by atoms with Crippen molar-refractivity contribution in [1.82, 2.24) is 9.88 Å². The quantitative estimate of drug-likeness (QED) is 0.362. The Labute approximate surface area is 232 Å². The summed E-state index contributed by atoms with van der Waals surface area (Å²) < 4.78 is 13.1. The number of amides is 2. The summed E-state index contributed by atoms with van der Waals surface area (Å²) in [4.78, 5) is 43.7. The fourth-order valence-electron chi connectivity index (χ4n) is 7.21. The van der Waals surface area contributed by atoms with Gasteiger partial charge in [0.2, 0.25) is 11.8 Å². The smallest absolute Gasteiger partial charge is 0.353 e. The second kappa shape index (κ2) is 11.8. The third-order valence-electron chi connectivity index (χ3n) is 9.37. The number of hydrogen-bond donors (Lipinski definition) is 4. The number of alkyl halides is 1. The highest BCUT2D eigenvalue weighted by atomic mass is 35.5. The number of carbonyl (C=O) groups is 3. The third-order valence-corrected chi connectivity index (χ3v) is 9.77. The fourth-order valence-corrected chi connectivity index (χ4v) is 7.49. The number of nitrogens with two attached hydrogens (primary N) is 1. The van der Waals surface area contributed by atoms with Crippen LogP contribution in [-0.2, 0) is 9.59 Å². The molecule has 2 heterocycles. The number of carboxylic acids is 1. The Bertz CT molecular complexity index is 1220. The molecule has 0 bridgehead atoms. The van der Waals surface area contributed by atoms with E-state index in [0.717, 1.165) is 44.9 Å². The molecule has 3 atom stereocenters. The van der Waals surface area contributed by atoms with Crippen LogP contribution in [0.4, 0.5) is 10.1 Å². The molecule has 212 valence electrons. The number of H-pyrrole nitrogens is 1. The standard InChI is InChI=1S/C29H38ClFN4O4/c30-24-21-14-19(10-11-23(21)34-25(24)29(38)39)33-27(36)26-20(16-4-2-1-3-5-16)12-13-35(26)28(37)18-8-6-17(7-9-18)22(32)15-31/h10-11,14,16-18,20,22,26,34H,1-9,12-13,15,32H2,(H,33,36)(H,38,39)/t17?,18?,20-,22+,26-/m0/s1. The van der Waals surface area contributed by atoms with E-state index in [1.54, 1.807) is 23.1 Å². The van der Waals surface area contributed by atoms with Gasteiger partial charge in [-0.2, -0.15) is 0 Å². The molecule has 2 amide bonds. The molecule has 1 aliphatic heterocycles. The second-order valence-electron chi connectivity index (χ2n) is 11.6. The summed E-state index contributed by atoms with van der Waals surface area (Å²) in [5.74, 6) is -0.904. The Hall–Kier alpha value is -2.65. The molecule has 1 saturated heterocycles. The molecule has 2 saturated carbocycles. The molecule has 10 heteroatoms. The number of nitrogens with one attached hydrogen (secondary N) is 2. The van der Waals surface area contributed by atoms with Crippen molar-refractivity contribution in [3.63, 3.8) is 0 Å². The largest absolute Gasteiger partial charge is 0.477 e. The zero-order valence-electron chi connectivity index (χ0n) is 22.1. The van der Waals surface area contributed by atoms with Crippen LogP contribution in [-0.4, -0.2) is 58.1 Å². The topological polar surface area (TPSA) is 129 Å². The van der Waals surface area contributed by atoms with Crippen molar-refractivity contribution in [3.05, 3.63) is 28.9 Å². The maximum atomic E-state index is 13.9. The molecule has 5 rings (SSSR count). The van der Waals surface area contributed by atoms with Gasteiger partial charge in [0.25, 0.3) is 0 Å². The molecule has 2 aromatic rings. The number of nitrogens with zero attached hydrogens (tertiary/aromatic N) is 1. The van der Waals surface area contributed by atoms with E-state index in [-0.39, 0.29) is 40.3 Å². The average molecular weight is 561 g/mol. The Morgan fingerprint density at radius 2 is 1.82 bits per heavy atom. The zero-order valence-corrected chi connectivity index (χ0v) is 22.9. The SMILES string of the molecule is N[C@H](CF)C1CCC(C(=O)N2CC[C@@H](C3CCCCC3)[C@H]2C(=O)Nc2ccc3[nH]c(C(=O)O)c(Cl)c3c2)CC1. The van der Waals surface area contributed by atoms with Gasteiger partial charge in [-0.05, 0) is 68.1 Å². The minimum Gasteiger partial charge on any atom is -0.477 e. The number of carbonyl (C=O) groups excluding carboxylic acids is 2. The summed E-state index contributed by atoms with van der Waals surface area (Å²) in [6, 6.07) is 4.05. The van der Waals surface area contributed by atoms with Gasteiger partial charge in [0.05, 0.1) is 5.02 Å². The predicted octanol–water partition coefficient (Wildman–Crippen LogP) is 5.36. The maximum Gasteiger partial charge on any atom is 0.353 e. The number of hydrogen-bond acceptors (Lipinski definition) is 4. The zero-order chi connectivity index (χ0) is 27.7. The van der Waals surface area contributed by atoms with Crippen LogP contribution < -0.4 is 11.1 Å². The van der Waals surface area contributed by atoms with E-state index in [0.29, 0.717) is 41.9 Å². The van der Waals surface area contributed by atoms with E-state index < -0.39 is 24.7 Å². The number of halogens is 2. The van der Waals surface area contributed by atoms with Crippen LogP contribution in [0.3, 0.4) is 0 Å². The van der Waals surface area contributed by atoms with Crippen molar-refractivity contribution in [3.8, 4) is 0 Å². The number of likely N-dealkylation sites (tertiary alicyclic amines) is 1. The van der Waals surface area contributed by atoms with Crippen LogP contribution in [0.2, 0.25) is 5.02 Å². The van der Waals surface area contributed by atoms with Crippen LogP contribution in [0.25, 0.3) is 10.9 Å². The van der Waals surface area contributed by atoms with E-state index in [1.807, 2.05) is 0 Å². The maximum absolute atomic E-state index is 13.9. The predicted molar refractivity (Wildman–Crippen MR) is 148 cm³/mol. The van der Waals surface area contributed by atoms with Gasteiger partial charge in [0.15, 0.2) is 0 Å². The van der Waals surface area contributed by atoms with Crippen LogP contribution >= 0.6 is 11.6 Å². The molecule has 39 heavy (non-hydrogen) atoms. The molecule has 0 radical (unpaired) electrons. The van der Waals surface area contributed by atoms with Gasteiger partial charge in [0, 0.05) is 35.1 Å². The summed E-state index contributed by atoms with van der Waals surface area (Å²) in [6.07, 6.45) is 9.27. The lowest BCUT2D eigenvalue weighted by atomic mass is 9.76. The first-order valence-corrected chi connectivity index (χ1v) is 14.6. The molecular weight excluding hydrogens is 523 g/mol. The van der Waals surface area contributed by atoms with E-state index in [9.17, 15) is 23.9 Å². The molecule has 3 fully saturated rings. The minimum atomic E-state index is -1.15. The summed E-state index contributed by atoms with van der Waals surface area (Å²) >= 11 is 6.30. The van der Waals surface area contributed by atoms with Crippen molar-refractivity contribution in [2.24, 2.45) is 29.4 Å². The van der Waals surface area contributed by atoms with Gasteiger partial charge < -0.3 is 26.0 Å². The number of anilines is 1. The van der Waals surface area contributed by atoms with Gasteiger partial charge in [-0.15, -0.1) is 0 Å². The van der Waals surface area contributed by atoms with Gasteiger partial charge >= 0.3 is 5.97 Å². The second-order valence-corrected chi connectivity index (χ2v) is 12.0. The number of carboxylic acid groups (broad SMARTS) is 1. The van der Waals surface area contributed by atoms with Crippen LogP contribution in [0.15, 0.2) is 18.2 Å². The number of rotatable bonds is 7. The molecule has 8 nitrogen and oxygen atoms in total. The summed E-state index contributed by atoms with van der Waals surface area (Å²) in [5.41, 5.74) is 6.90. The fraction of sp³-hybridized carbons (Fsp3) is 0.621. The normalized spacial score (nSPS) is 27.0. The molecule has 0 unspecified atom stereocenters. The Kier molecular flexibility index (Phi) is 8.47. The lowest BCUT2D eigenvalue weighted by Crippen LogP contribution is -2.50. The lowest BCUT2D eigenvalue weighted by Gasteiger charge is -2.36. The van der Waals surface area contributed by atoms with Crippen LogP contribution in [0.5, 0.6) is 0 Å². The number of benzene rings is 1. The highest BCUT2D eigenvalue weighted by molar-refractivity contribution is 6.38. The molecule has 1 aromatic carbocycles. The van der Waals surface area contributed by atoms with Gasteiger partial charge in [-0.25, -0.2) is 9.18 Å². The highest BCUT2D eigenvalue weighted by Gasteiger charge is 2.47. The van der Waals surface area contributed by atoms with Gasteiger partial charge in [-0.1, -0.05) is 43.7 Å². The highest BCUT2D eigenvalue weighted by Crippen LogP contribution is 2.41. The van der Waals surface area contributed by atoms with E-state index >= 15 is 0 Å². The molecule has 3 aliphatic rings.